The molecule has 0 spiro atoms. The van der Waals surface area contributed by atoms with Crippen LogP contribution in [0.2, 0.25) is 0 Å². The Morgan fingerprint density at radius 2 is 1.63 bits per heavy atom. The van der Waals surface area contributed by atoms with E-state index in [9.17, 15) is 5.11 Å². The third-order valence-corrected chi connectivity index (χ3v) is 5.47. The summed E-state index contributed by atoms with van der Waals surface area (Å²) in [5.41, 5.74) is 6.65. The van der Waals surface area contributed by atoms with Gasteiger partial charge in [-0.05, 0) is 56.0 Å². The minimum Gasteiger partial charge on any atom is -0.384 e. The number of benzene rings is 3. The molecule has 0 amide bonds. The summed E-state index contributed by atoms with van der Waals surface area (Å²) in [6, 6.07) is 25.4. The van der Waals surface area contributed by atoms with Gasteiger partial charge in [0.05, 0.1) is 5.69 Å². The summed E-state index contributed by atoms with van der Waals surface area (Å²) in [5.74, 6) is 0.855. The fourth-order valence-electron chi connectivity index (χ4n) is 3.75. The van der Waals surface area contributed by atoms with E-state index in [-0.39, 0.29) is 0 Å². The Morgan fingerprint density at radius 1 is 0.900 bits per heavy atom. The molecule has 0 unspecified atom stereocenters. The second-order valence-electron chi connectivity index (χ2n) is 8.31. The van der Waals surface area contributed by atoms with E-state index in [1.807, 2.05) is 12.3 Å². The molecule has 0 saturated carbocycles. The van der Waals surface area contributed by atoms with Crippen molar-refractivity contribution in [1.29, 1.82) is 0 Å². The average Bonchev–Trinajstić information content (AvgIpc) is 3.20. The van der Waals surface area contributed by atoms with Crippen molar-refractivity contribution in [3.8, 4) is 28.2 Å². The first kappa shape index (κ1) is 20.1. The Morgan fingerprint density at radius 3 is 2.30 bits per heavy atom. The molecule has 0 saturated heterocycles. The van der Waals surface area contributed by atoms with Crippen LogP contribution in [0, 0.1) is 6.92 Å². The van der Waals surface area contributed by atoms with Crippen LogP contribution >= 0.6 is 0 Å². The number of nitrogens with zero attached hydrogens (tertiary/aromatic N) is 2. The molecule has 0 aliphatic heterocycles. The van der Waals surface area contributed by atoms with Crippen LogP contribution in [0.5, 0.6) is 0 Å². The highest BCUT2D eigenvalue weighted by atomic mass is 16.3. The SMILES string of the molecule is CCc1ccccc1-c1nc(C(C)(C)O)cn1-c1ccc(-c2cccc(C)c2)cc1. The van der Waals surface area contributed by atoms with Crippen molar-refractivity contribution < 1.29 is 5.11 Å². The van der Waals surface area contributed by atoms with Gasteiger partial charge in [-0.25, -0.2) is 4.98 Å². The number of aliphatic hydroxyl groups is 1. The van der Waals surface area contributed by atoms with Gasteiger partial charge in [0.15, 0.2) is 0 Å². The van der Waals surface area contributed by atoms with Crippen LogP contribution in [0.1, 0.15) is 37.6 Å². The third-order valence-electron chi connectivity index (χ3n) is 5.47. The Balaban J connectivity index is 1.83. The van der Waals surface area contributed by atoms with Crippen LogP contribution in [-0.2, 0) is 12.0 Å². The van der Waals surface area contributed by atoms with E-state index in [1.54, 1.807) is 13.8 Å². The van der Waals surface area contributed by atoms with Crippen LogP contribution in [0.15, 0.2) is 79.0 Å². The van der Waals surface area contributed by atoms with Gasteiger partial charge in [0, 0.05) is 17.4 Å². The monoisotopic (exact) mass is 396 g/mol. The number of imidazole rings is 1. The molecule has 3 heteroatoms. The molecular formula is C27H28N2O. The lowest BCUT2D eigenvalue weighted by Gasteiger charge is -2.13. The van der Waals surface area contributed by atoms with Gasteiger partial charge >= 0.3 is 0 Å². The number of hydrogen-bond acceptors (Lipinski definition) is 2. The van der Waals surface area contributed by atoms with Crippen molar-refractivity contribution in [2.45, 2.75) is 39.7 Å². The van der Waals surface area contributed by atoms with Gasteiger partial charge < -0.3 is 5.11 Å². The van der Waals surface area contributed by atoms with Crippen molar-refractivity contribution in [3.63, 3.8) is 0 Å². The van der Waals surface area contributed by atoms with Crippen molar-refractivity contribution in [3.05, 3.63) is 95.8 Å². The zero-order chi connectivity index (χ0) is 21.3. The summed E-state index contributed by atoms with van der Waals surface area (Å²) in [7, 11) is 0. The topological polar surface area (TPSA) is 38.1 Å². The summed E-state index contributed by atoms with van der Waals surface area (Å²) < 4.78 is 2.09. The van der Waals surface area contributed by atoms with Crippen LogP contribution in [0.3, 0.4) is 0 Å². The highest BCUT2D eigenvalue weighted by molar-refractivity contribution is 5.67. The summed E-state index contributed by atoms with van der Waals surface area (Å²) in [6.07, 6.45) is 2.87. The summed E-state index contributed by atoms with van der Waals surface area (Å²) >= 11 is 0. The van der Waals surface area contributed by atoms with Gasteiger partial charge in [-0.2, -0.15) is 0 Å². The Labute approximate surface area is 178 Å². The Hall–Kier alpha value is -3.17. The second-order valence-corrected chi connectivity index (χ2v) is 8.31. The molecule has 0 aliphatic rings. The van der Waals surface area contributed by atoms with Crippen molar-refractivity contribution in [1.82, 2.24) is 9.55 Å². The summed E-state index contributed by atoms with van der Waals surface area (Å²) in [5, 5.41) is 10.6. The molecule has 152 valence electrons. The molecule has 1 heterocycles. The summed E-state index contributed by atoms with van der Waals surface area (Å²) in [6.45, 7) is 7.81. The highest BCUT2D eigenvalue weighted by Crippen LogP contribution is 2.31. The smallest absolute Gasteiger partial charge is 0.145 e. The maximum atomic E-state index is 10.6. The van der Waals surface area contributed by atoms with Crippen LogP contribution in [0.25, 0.3) is 28.2 Å². The largest absolute Gasteiger partial charge is 0.384 e. The van der Waals surface area contributed by atoms with Crippen molar-refractivity contribution in [2.75, 3.05) is 0 Å². The maximum absolute atomic E-state index is 10.6. The molecule has 30 heavy (non-hydrogen) atoms. The van der Waals surface area contributed by atoms with Gasteiger partial charge in [0.1, 0.15) is 11.4 Å². The molecule has 1 N–H and O–H groups in total. The molecule has 0 fully saturated rings. The number of aryl methyl sites for hydroxylation is 2. The minimum atomic E-state index is -1.01. The van der Waals surface area contributed by atoms with Gasteiger partial charge in [-0.1, -0.05) is 73.2 Å². The predicted octanol–water partition coefficient (Wildman–Crippen LogP) is 6.30. The molecule has 1 aromatic heterocycles. The zero-order valence-electron chi connectivity index (χ0n) is 18.1. The van der Waals surface area contributed by atoms with E-state index in [0.29, 0.717) is 5.69 Å². The van der Waals surface area contributed by atoms with E-state index in [0.717, 1.165) is 23.5 Å². The molecule has 0 aliphatic carbocycles. The minimum absolute atomic E-state index is 0.658. The fraction of sp³-hybridized carbons (Fsp3) is 0.222. The lowest BCUT2D eigenvalue weighted by atomic mass is 10.0. The van der Waals surface area contributed by atoms with Gasteiger partial charge in [0.25, 0.3) is 0 Å². The van der Waals surface area contributed by atoms with Crippen LogP contribution in [-0.4, -0.2) is 14.7 Å². The normalized spacial score (nSPS) is 11.6. The molecule has 4 rings (SSSR count). The van der Waals surface area contributed by atoms with Gasteiger partial charge in [0.2, 0.25) is 0 Å². The molecule has 0 atom stereocenters. The first-order chi connectivity index (χ1) is 14.4. The third kappa shape index (κ3) is 3.94. The molecule has 4 aromatic rings. The first-order valence-electron chi connectivity index (χ1n) is 10.4. The van der Waals surface area contributed by atoms with E-state index in [2.05, 4.69) is 85.1 Å². The number of rotatable bonds is 5. The van der Waals surface area contributed by atoms with Gasteiger partial charge in [-0.3, -0.25) is 4.57 Å². The molecule has 3 aromatic carbocycles. The first-order valence-corrected chi connectivity index (χ1v) is 10.4. The quantitative estimate of drug-likeness (QED) is 0.429. The Bertz CT molecular complexity index is 1160. The fourth-order valence-corrected chi connectivity index (χ4v) is 3.75. The maximum Gasteiger partial charge on any atom is 0.145 e. The van der Waals surface area contributed by atoms with Gasteiger partial charge in [-0.15, -0.1) is 0 Å². The summed E-state index contributed by atoms with van der Waals surface area (Å²) in [4.78, 5) is 4.84. The predicted molar refractivity (Wildman–Crippen MR) is 124 cm³/mol. The highest BCUT2D eigenvalue weighted by Gasteiger charge is 2.23. The van der Waals surface area contributed by atoms with Crippen molar-refractivity contribution in [2.24, 2.45) is 0 Å². The van der Waals surface area contributed by atoms with Crippen LogP contribution in [0.4, 0.5) is 0 Å². The van der Waals surface area contributed by atoms with E-state index in [4.69, 9.17) is 4.98 Å². The lowest BCUT2D eigenvalue weighted by Crippen LogP contribution is -2.15. The molecule has 0 radical (unpaired) electrons. The second kappa shape index (κ2) is 7.92. The van der Waals surface area contributed by atoms with Crippen molar-refractivity contribution >= 4 is 0 Å². The average molecular weight is 397 g/mol. The number of aromatic nitrogens is 2. The molecular weight excluding hydrogens is 368 g/mol. The zero-order valence-corrected chi connectivity index (χ0v) is 18.1. The molecule has 0 bridgehead atoms. The number of hydrogen-bond donors (Lipinski definition) is 1. The molecule has 3 nitrogen and oxygen atoms in total. The van der Waals surface area contributed by atoms with E-state index < -0.39 is 5.60 Å². The van der Waals surface area contributed by atoms with E-state index >= 15 is 0 Å². The Kier molecular flexibility index (Phi) is 5.31. The standard InChI is InChI=1S/C27H28N2O/c1-5-20-10-6-7-12-24(20)26-28-25(27(3,4)30)18-29(26)23-15-13-21(14-16-23)22-11-8-9-19(2)17-22/h6-18,30H,5H2,1-4H3. The lowest BCUT2D eigenvalue weighted by molar-refractivity contribution is 0.0743. The van der Waals surface area contributed by atoms with E-state index in [1.165, 1.54) is 22.3 Å². The van der Waals surface area contributed by atoms with Crippen LogP contribution < -0.4 is 0 Å².